The number of nitrogens with one attached hydrogen (secondary N) is 1. The van der Waals surface area contributed by atoms with Crippen molar-refractivity contribution in [3.8, 4) is 0 Å². The van der Waals surface area contributed by atoms with Crippen LogP contribution in [0.1, 0.15) is 19.5 Å². The van der Waals surface area contributed by atoms with Gasteiger partial charge in [0.2, 0.25) is 0 Å². The van der Waals surface area contributed by atoms with Crippen molar-refractivity contribution in [2.45, 2.75) is 39.5 Å². The molecule has 4 nitrogen and oxygen atoms in total. The number of rotatable bonds is 6. The summed E-state index contributed by atoms with van der Waals surface area (Å²) >= 11 is 0. The van der Waals surface area contributed by atoms with Gasteiger partial charge < -0.3 is 14.5 Å². The van der Waals surface area contributed by atoms with Crippen molar-refractivity contribution in [2.75, 3.05) is 0 Å². The molecule has 0 amide bonds. The summed E-state index contributed by atoms with van der Waals surface area (Å²) in [5.41, 5.74) is 1.33. The molecule has 0 saturated heterocycles. The van der Waals surface area contributed by atoms with Crippen molar-refractivity contribution in [1.29, 1.82) is 0 Å². The summed E-state index contributed by atoms with van der Waals surface area (Å²) in [6.45, 7) is 7.20. The lowest BCUT2D eigenvalue weighted by atomic mass is 10.3. The Morgan fingerprint density at radius 1 is 1.29 bits per heavy atom. The number of nitrogens with zero attached hydrogens (tertiary/aromatic N) is 3. The third-order valence-electron chi connectivity index (χ3n) is 2.77. The molecule has 0 fully saturated rings. The van der Waals surface area contributed by atoms with Gasteiger partial charge in [-0.25, -0.2) is 4.98 Å². The monoisotopic (exact) mass is 232 g/mol. The fourth-order valence-corrected chi connectivity index (χ4v) is 1.78. The highest BCUT2D eigenvalue weighted by Crippen LogP contribution is 2.03. The van der Waals surface area contributed by atoms with Crippen LogP contribution in [0.3, 0.4) is 0 Å². The van der Waals surface area contributed by atoms with E-state index in [0.717, 1.165) is 19.6 Å². The molecule has 0 unspecified atom stereocenters. The maximum Gasteiger partial charge on any atom is 0.0946 e. The van der Waals surface area contributed by atoms with Gasteiger partial charge in [-0.1, -0.05) is 13.8 Å². The summed E-state index contributed by atoms with van der Waals surface area (Å²) in [4.78, 5) is 4.05. The van der Waals surface area contributed by atoms with Crippen LogP contribution in [0.5, 0.6) is 0 Å². The normalized spacial score (nSPS) is 11.2. The molecule has 2 heterocycles. The van der Waals surface area contributed by atoms with Gasteiger partial charge >= 0.3 is 0 Å². The first kappa shape index (κ1) is 11.9. The second-order valence-corrected chi connectivity index (χ2v) is 4.53. The fraction of sp³-hybridized carbons (Fsp3) is 0.462. The molecule has 0 saturated carbocycles. The Morgan fingerprint density at radius 2 is 2.18 bits per heavy atom. The van der Waals surface area contributed by atoms with Crippen molar-refractivity contribution >= 4 is 0 Å². The first-order valence-corrected chi connectivity index (χ1v) is 6.09. The van der Waals surface area contributed by atoms with Crippen LogP contribution < -0.4 is 5.32 Å². The Labute approximate surface area is 102 Å². The van der Waals surface area contributed by atoms with Crippen LogP contribution in [0.15, 0.2) is 37.1 Å². The van der Waals surface area contributed by atoms with Crippen LogP contribution in [0.25, 0.3) is 0 Å². The van der Waals surface area contributed by atoms with Crippen LogP contribution in [0.4, 0.5) is 0 Å². The van der Waals surface area contributed by atoms with E-state index >= 15 is 0 Å². The zero-order valence-corrected chi connectivity index (χ0v) is 10.5. The molecule has 2 rings (SSSR count). The Bertz CT molecular complexity index is 428. The van der Waals surface area contributed by atoms with Crippen molar-refractivity contribution in [2.24, 2.45) is 0 Å². The van der Waals surface area contributed by atoms with Gasteiger partial charge in [0.05, 0.1) is 6.33 Å². The number of aromatic nitrogens is 3. The van der Waals surface area contributed by atoms with E-state index in [4.69, 9.17) is 0 Å². The number of hydrogen-bond acceptors (Lipinski definition) is 2. The van der Waals surface area contributed by atoms with Crippen molar-refractivity contribution in [3.05, 3.63) is 42.7 Å². The number of imidazole rings is 1. The Balaban J connectivity index is 1.90. The first-order chi connectivity index (χ1) is 8.25. The molecule has 0 aliphatic heterocycles. The van der Waals surface area contributed by atoms with Crippen molar-refractivity contribution < 1.29 is 0 Å². The summed E-state index contributed by atoms with van der Waals surface area (Å²) in [6.07, 6.45) is 7.80. The molecule has 4 heteroatoms. The lowest BCUT2D eigenvalue weighted by Gasteiger charge is -2.12. The molecule has 2 aromatic rings. The fourth-order valence-electron chi connectivity index (χ4n) is 1.78. The molecule has 0 bridgehead atoms. The molecule has 17 heavy (non-hydrogen) atoms. The third-order valence-corrected chi connectivity index (χ3v) is 2.77. The third kappa shape index (κ3) is 3.46. The average molecular weight is 232 g/mol. The number of aryl methyl sites for hydroxylation is 2. The topological polar surface area (TPSA) is 34.8 Å². The zero-order chi connectivity index (χ0) is 12.1. The van der Waals surface area contributed by atoms with Crippen LogP contribution in [0.2, 0.25) is 0 Å². The molecular formula is C13H20N4. The highest BCUT2D eigenvalue weighted by atomic mass is 15.1. The minimum Gasteiger partial charge on any atom is -0.348 e. The second-order valence-electron chi connectivity index (χ2n) is 4.53. The van der Waals surface area contributed by atoms with E-state index in [1.54, 1.807) is 0 Å². The lowest BCUT2D eigenvalue weighted by Crippen LogP contribution is -2.23. The summed E-state index contributed by atoms with van der Waals surface area (Å²) in [5, 5.41) is 3.44. The Hall–Kier alpha value is -1.55. The molecule has 0 aliphatic rings. The van der Waals surface area contributed by atoms with Gasteiger partial charge in [0, 0.05) is 50.0 Å². The summed E-state index contributed by atoms with van der Waals surface area (Å²) in [5.74, 6) is 0. The van der Waals surface area contributed by atoms with Gasteiger partial charge in [0.1, 0.15) is 0 Å². The molecular weight excluding hydrogens is 212 g/mol. The maximum absolute atomic E-state index is 4.05. The second kappa shape index (κ2) is 5.68. The standard InChI is InChI=1S/C13H20N4/c1-12(2)15-10-13-4-3-6-17(13)9-8-16-7-5-14-11-16/h3-7,11-12,15H,8-10H2,1-2H3. The van der Waals surface area contributed by atoms with Gasteiger partial charge in [-0.2, -0.15) is 0 Å². The highest BCUT2D eigenvalue weighted by molar-refractivity contribution is 5.07. The van der Waals surface area contributed by atoms with Gasteiger partial charge in [0.15, 0.2) is 0 Å². The van der Waals surface area contributed by atoms with Crippen LogP contribution in [-0.2, 0) is 19.6 Å². The van der Waals surface area contributed by atoms with Crippen LogP contribution >= 0.6 is 0 Å². The largest absolute Gasteiger partial charge is 0.348 e. The van der Waals surface area contributed by atoms with E-state index in [0.29, 0.717) is 6.04 Å². The summed E-state index contributed by atoms with van der Waals surface area (Å²) in [6, 6.07) is 4.79. The van der Waals surface area contributed by atoms with Gasteiger partial charge in [-0.05, 0) is 12.1 Å². The molecule has 92 valence electrons. The molecule has 0 aliphatic carbocycles. The average Bonchev–Trinajstić information content (AvgIpc) is 2.95. The molecule has 0 spiro atoms. The first-order valence-electron chi connectivity index (χ1n) is 6.09. The Morgan fingerprint density at radius 3 is 2.88 bits per heavy atom. The van der Waals surface area contributed by atoms with E-state index in [9.17, 15) is 0 Å². The predicted octanol–water partition coefficient (Wildman–Crippen LogP) is 1.88. The highest BCUT2D eigenvalue weighted by Gasteiger charge is 2.01. The quantitative estimate of drug-likeness (QED) is 0.825. The van der Waals surface area contributed by atoms with Crippen molar-refractivity contribution in [3.63, 3.8) is 0 Å². The van der Waals surface area contributed by atoms with Crippen LogP contribution in [-0.4, -0.2) is 20.2 Å². The SMILES string of the molecule is CC(C)NCc1cccn1CCn1ccnc1. The van der Waals surface area contributed by atoms with E-state index in [1.807, 2.05) is 18.7 Å². The molecule has 0 atom stereocenters. The molecule has 2 aromatic heterocycles. The summed E-state index contributed by atoms with van der Waals surface area (Å²) in [7, 11) is 0. The molecule has 1 N–H and O–H groups in total. The van der Waals surface area contributed by atoms with E-state index in [-0.39, 0.29) is 0 Å². The van der Waals surface area contributed by atoms with Gasteiger partial charge in [-0.3, -0.25) is 0 Å². The van der Waals surface area contributed by atoms with E-state index in [2.05, 4.69) is 51.6 Å². The predicted molar refractivity (Wildman–Crippen MR) is 68.6 cm³/mol. The minimum atomic E-state index is 0.520. The van der Waals surface area contributed by atoms with Gasteiger partial charge in [-0.15, -0.1) is 0 Å². The lowest BCUT2D eigenvalue weighted by molar-refractivity contribution is 0.527. The van der Waals surface area contributed by atoms with Crippen molar-refractivity contribution in [1.82, 2.24) is 19.4 Å². The Kier molecular flexibility index (Phi) is 3.98. The summed E-state index contributed by atoms with van der Waals surface area (Å²) < 4.78 is 4.38. The molecule has 0 radical (unpaired) electrons. The smallest absolute Gasteiger partial charge is 0.0946 e. The molecule has 0 aromatic carbocycles. The van der Waals surface area contributed by atoms with Crippen LogP contribution in [0, 0.1) is 0 Å². The van der Waals surface area contributed by atoms with Gasteiger partial charge in [0.25, 0.3) is 0 Å². The zero-order valence-electron chi connectivity index (χ0n) is 10.5. The number of hydrogen-bond donors (Lipinski definition) is 1. The van der Waals surface area contributed by atoms with E-state index in [1.165, 1.54) is 5.69 Å². The maximum atomic E-state index is 4.05. The minimum absolute atomic E-state index is 0.520. The van der Waals surface area contributed by atoms with E-state index < -0.39 is 0 Å².